The van der Waals surface area contributed by atoms with Crippen molar-refractivity contribution in [1.29, 1.82) is 0 Å². The summed E-state index contributed by atoms with van der Waals surface area (Å²) in [6.45, 7) is 4.01. The van der Waals surface area contributed by atoms with Crippen LogP contribution in [0.1, 0.15) is 32.3 Å². The van der Waals surface area contributed by atoms with Crippen LogP contribution in [0.5, 0.6) is 0 Å². The third-order valence-corrected chi connectivity index (χ3v) is 4.70. The van der Waals surface area contributed by atoms with E-state index in [-0.39, 0.29) is 23.0 Å². The Morgan fingerprint density at radius 1 is 1.30 bits per heavy atom. The van der Waals surface area contributed by atoms with Crippen LogP contribution in [-0.2, 0) is 15.3 Å². The third-order valence-electron chi connectivity index (χ3n) is 3.67. The number of sulfone groups is 1. The number of halogens is 1. The van der Waals surface area contributed by atoms with Crippen LogP contribution in [0.2, 0.25) is 0 Å². The molecule has 0 saturated carbocycles. The lowest BCUT2D eigenvalue weighted by molar-refractivity contribution is 0.324. The van der Waals surface area contributed by atoms with Gasteiger partial charge < -0.3 is 0 Å². The van der Waals surface area contributed by atoms with Gasteiger partial charge in [0.1, 0.15) is 15.7 Å². The standard InChI is InChI=1S/C14H23FN2O2S/c1-14(2,11-6-8-12(15)9-7-11)13(17-16)5-4-10-20(3,18)19/h6-9,13,17H,4-5,10,16H2,1-3H3. The van der Waals surface area contributed by atoms with Crippen molar-refractivity contribution in [1.82, 2.24) is 5.43 Å². The highest BCUT2D eigenvalue weighted by molar-refractivity contribution is 7.90. The Kier molecular flexibility index (Phi) is 5.68. The molecule has 4 nitrogen and oxygen atoms in total. The number of hydrogen-bond donors (Lipinski definition) is 2. The number of hydrazine groups is 1. The smallest absolute Gasteiger partial charge is 0.147 e. The molecule has 6 heteroatoms. The van der Waals surface area contributed by atoms with Gasteiger partial charge in [-0.05, 0) is 30.5 Å². The summed E-state index contributed by atoms with van der Waals surface area (Å²) in [5.74, 6) is 5.47. The second kappa shape index (κ2) is 6.65. The Labute approximate surface area is 120 Å². The summed E-state index contributed by atoms with van der Waals surface area (Å²) < 4.78 is 35.3. The van der Waals surface area contributed by atoms with Crippen LogP contribution < -0.4 is 11.3 Å². The van der Waals surface area contributed by atoms with Gasteiger partial charge in [0.25, 0.3) is 0 Å². The maximum atomic E-state index is 13.0. The molecule has 0 saturated heterocycles. The van der Waals surface area contributed by atoms with Crippen LogP contribution in [-0.4, -0.2) is 26.5 Å². The first-order valence-electron chi connectivity index (χ1n) is 6.56. The zero-order valence-electron chi connectivity index (χ0n) is 12.2. The van der Waals surface area contributed by atoms with Gasteiger partial charge >= 0.3 is 0 Å². The van der Waals surface area contributed by atoms with Crippen LogP contribution in [0, 0.1) is 5.82 Å². The van der Waals surface area contributed by atoms with E-state index in [2.05, 4.69) is 5.43 Å². The Morgan fingerprint density at radius 3 is 2.30 bits per heavy atom. The predicted octanol–water partition coefficient (Wildman–Crippen LogP) is 1.76. The zero-order chi connectivity index (χ0) is 15.4. The lowest BCUT2D eigenvalue weighted by Crippen LogP contribution is -2.48. The van der Waals surface area contributed by atoms with E-state index < -0.39 is 9.84 Å². The summed E-state index contributed by atoms with van der Waals surface area (Å²) >= 11 is 0. The number of benzene rings is 1. The molecule has 0 aliphatic carbocycles. The van der Waals surface area contributed by atoms with Gasteiger partial charge in [0, 0.05) is 23.5 Å². The van der Waals surface area contributed by atoms with Crippen molar-refractivity contribution in [3.05, 3.63) is 35.6 Å². The molecule has 0 bridgehead atoms. The van der Waals surface area contributed by atoms with E-state index in [0.717, 1.165) is 5.56 Å². The van der Waals surface area contributed by atoms with E-state index in [0.29, 0.717) is 12.8 Å². The maximum absolute atomic E-state index is 13.0. The molecule has 0 radical (unpaired) electrons. The number of nitrogens with one attached hydrogen (secondary N) is 1. The molecule has 0 aliphatic heterocycles. The Hall–Kier alpha value is -0.980. The molecular formula is C14H23FN2O2S. The molecule has 0 aliphatic rings. The van der Waals surface area contributed by atoms with Gasteiger partial charge in [0.15, 0.2) is 0 Å². The number of nitrogens with two attached hydrogens (primary N) is 1. The first-order chi connectivity index (χ1) is 9.16. The van der Waals surface area contributed by atoms with Crippen LogP contribution in [0.15, 0.2) is 24.3 Å². The molecule has 0 aromatic heterocycles. The van der Waals surface area contributed by atoms with E-state index in [1.54, 1.807) is 12.1 Å². The fraction of sp³-hybridized carbons (Fsp3) is 0.571. The molecule has 0 spiro atoms. The average molecular weight is 302 g/mol. The molecule has 20 heavy (non-hydrogen) atoms. The summed E-state index contributed by atoms with van der Waals surface area (Å²) in [4.78, 5) is 0. The Balaban J connectivity index is 2.78. The molecule has 114 valence electrons. The minimum absolute atomic E-state index is 0.0882. The molecule has 1 aromatic rings. The third kappa shape index (κ3) is 4.85. The highest BCUT2D eigenvalue weighted by Gasteiger charge is 2.30. The van der Waals surface area contributed by atoms with E-state index in [9.17, 15) is 12.8 Å². The van der Waals surface area contributed by atoms with Crippen molar-refractivity contribution in [3.63, 3.8) is 0 Å². The van der Waals surface area contributed by atoms with Crippen LogP contribution >= 0.6 is 0 Å². The van der Waals surface area contributed by atoms with Gasteiger partial charge in [-0.2, -0.15) is 0 Å². The molecule has 1 atom stereocenters. The second-order valence-electron chi connectivity index (χ2n) is 5.72. The summed E-state index contributed by atoms with van der Waals surface area (Å²) in [6, 6.07) is 6.21. The Morgan fingerprint density at radius 2 is 1.85 bits per heavy atom. The molecule has 1 unspecified atom stereocenters. The molecular weight excluding hydrogens is 279 g/mol. The monoisotopic (exact) mass is 302 g/mol. The van der Waals surface area contributed by atoms with Crippen LogP contribution in [0.4, 0.5) is 4.39 Å². The summed E-state index contributed by atoms with van der Waals surface area (Å²) in [5.41, 5.74) is 3.39. The van der Waals surface area contributed by atoms with Gasteiger partial charge in [0.2, 0.25) is 0 Å². The van der Waals surface area contributed by atoms with E-state index >= 15 is 0 Å². The second-order valence-corrected chi connectivity index (χ2v) is 7.98. The largest absolute Gasteiger partial charge is 0.271 e. The number of rotatable bonds is 7. The minimum Gasteiger partial charge on any atom is -0.271 e. The minimum atomic E-state index is -2.96. The van der Waals surface area contributed by atoms with Crippen molar-refractivity contribution in [2.75, 3.05) is 12.0 Å². The van der Waals surface area contributed by atoms with Crippen molar-refractivity contribution in [3.8, 4) is 0 Å². The van der Waals surface area contributed by atoms with Gasteiger partial charge in [-0.1, -0.05) is 26.0 Å². The SMILES string of the molecule is CC(C)(c1ccc(F)cc1)C(CCCS(C)(=O)=O)NN. The maximum Gasteiger partial charge on any atom is 0.147 e. The summed E-state index contributed by atoms with van der Waals surface area (Å²) in [7, 11) is -2.96. The number of hydrogen-bond acceptors (Lipinski definition) is 4. The average Bonchev–Trinajstić information content (AvgIpc) is 2.33. The van der Waals surface area contributed by atoms with Gasteiger partial charge in [-0.3, -0.25) is 11.3 Å². The first-order valence-corrected chi connectivity index (χ1v) is 8.63. The fourth-order valence-corrected chi connectivity index (χ4v) is 2.97. The van der Waals surface area contributed by atoms with Crippen molar-refractivity contribution in [2.45, 2.75) is 38.1 Å². The van der Waals surface area contributed by atoms with Gasteiger partial charge in [-0.15, -0.1) is 0 Å². The topological polar surface area (TPSA) is 72.2 Å². The molecule has 1 aromatic carbocycles. The molecule has 0 amide bonds. The van der Waals surface area contributed by atoms with E-state index in [1.807, 2.05) is 13.8 Å². The molecule has 0 heterocycles. The summed E-state index contributed by atoms with van der Waals surface area (Å²) in [6.07, 6.45) is 2.40. The molecule has 1 rings (SSSR count). The van der Waals surface area contributed by atoms with E-state index in [1.165, 1.54) is 18.4 Å². The van der Waals surface area contributed by atoms with Gasteiger partial charge in [0.05, 0.1) is 0 Å². The first kappa shape index (κ1) is 17.1. The van der Waals surface area contributed by atoms with Crippen molar-refractivity contribution < 1.29 is 12.8 Å². The Bertz CT molecular complexity index is 527. The normalized spacial score (nSPS) is 14.2. The van der Waals surface area contributed by atoms with Gasteiger partial charge in [-0.25, -0.2) is 12.8 Å². The quantitative estimate of drug-likeness (QED) is 0.595. The molecule has 0 fully saturated rings. The summed E-state index contributed by atoms with van der Waals surface area (Å²) in [5, 5.41) is 0. The van der Waals surface area contributed by atoms with E-state index in [4.69, 9.17) is 5.84 Å². The highest BCUT2D eigenvalue weighted by atomic mass is 32.2. The van der Waals surface area contributed by atoms with Crippen LogP contribution in [0.25, 0.3) is 0 Å². The fourth-order valence-electron chi connectivity index (χ4n) is 2.28. The zero-order valence-corrected chi connectivity index (χ0v) is 13.0. The van der Waals surface area contributed by atoms with Crippen molar-refractivity contribution >= 4 is 9.84 Å². The lowest BCUT2D eigenvalue weighted by Gasteiger charge is -2.34. The van der Waals surface area contributed by atoms with Crippen LogP contribution in [0.3, 0.4) is 0 Å². The predicted molar refractivity (Wildman–Crippen MR) is 79.5 cm³/mol. The van der Waals surface area contributed by atoms with Crippen molar-refractivity contribution in [2.24, 2.45) is 5.84 Å². The molecule has 3 N–H and O–H groups in total. The lowest BCUT2D eigenvalue weighted by atomic mass is 9.76. The highest BCUT2D eigenvalue weighted by Crippen LogP contribution is 2.29.